The number of alkyl halides is 1. The quantitative estimate of drug-likeness (QED) is 0.587. The first kappa shape index (κ1) is 24.0. The summed E-state index contributed by atoms with van der Waals surface area (Å²) in [6.45, 7) is 9.58. The average molecular weight is 381 g/mol. The maximum Gasteiger partial charge on any atom is 0.408 e. The summed E-state index contributed by atoms with van der Waals surface area (Å²) in [4.78, 5) is 11.8. The zero-order chi connectivity index (χ0) is 19.8. The Morgan fingerprint density at radius 3 is 2.65 bits per heavy atom. The third-order valence-corrected chi connectivity index (χ3v) is 3.56. The Hall–Kier alpha value is -2.03. The molecule has 0 bridgehead atoms. The van der Waals surface area contributed by atoms with E-state index in [4.69, 9.17) is 21.1 Å². The van der Waals surface area contributed by atoms with Crippen molar-refractivity contribution in [3.05, 3.63) is 48.6 Å². The van der Waals surface area contributed by atoms with Gasteiger partial charge in [0.05, 0.1) is 18.8 Å². The fourth-order valence-electron chi connectivity index (χ4n) is 2.22. The molecule has 2 rings (SSSR count). The van der Waals surface area contributed by atoms with Gasteiger partial charge in [-0.15, -0.1) is 18.2 Å². The van der Waals surface area contributed by atoms with Gasteiger partial charge in [-0.25, -0.2) is 4.79 Å². The van der Waals surface area contributed by atoms with Gasteiger partial charge < -0.3 is 14.8 Å². The Bertz CT molecular complexity index is 560. The van der Waals surface area contributed by atoms with Crippen molar-refractivity contribution >= 4 is 17.7 Å². The van der Waals surface area contributed by atoms with E-state index in [0.29, 0.717) is 18.7 Å². The number of rotatable bonds is 5. The summed E-state index contributed by atoms with van der Waals surface area (Å²) in [6, 6.07) is 11.5. The lowest BCUT2D eigenvalue weighted by molar-refractivity contribution is 0.0988. The molecular formula is C20H29ClN2O3. The average Bonchev–Trinajstić information content (AvgIpc) is 3.07. The Morgan fingerprint density at radius 1 is 1.50 bits per heavy atom. The zero-order valence-corrected chi connectivity index (χ0v) is 16.6. The molecule has 1 fully saturated rings. The number of halogens is 1. The first-order chi connectivity index (χ1) is 12.6. The Morgan fingerprint density at radius 2 is 2.12 bits per heavy atom. The number of amides is 1. The van der Waals surface area contributed by atoms with Crippen molar-refractivity contribution in [3.63, 3.8) is 0 Å². The largest absolute Gasteiger partial charge is 0.445 e. The SMILES string of the molecule is C=CC.CC.N#CC1(NC(=O)OCc2ccccc2)COC(CCCl)C1. The Kier molecular flexibility index (Phi) is 13.1. The van der Waals surface area contributed by atoms with E-state index >= 15 is 0 Å². The molecule has 5 nitrogen and oxygen atoms in total. The third kappa shape index (κ3) is 8.89. The number of carbonyl (C=O) groups is 1. The molecule has 1 aromatic rings. The van der Waals surface area contributed by atoms with Gasteiger partial charge in [0.2, 0.25) is 0 Å². The van der Waals surface area contributed by atoms with E-state index in [1.807, 2.05) is 51.1 Å². The van der Waals surface area contributed by atoms with Crippen molar-refractivity contribution in [1.29, 1.82) is 5.26 Å². The topological polar surface area (TPSA) is 71.4 Å². The first-order valence-electron chi connectivity index (χ1n) is 8.74. The fourth-order valence-corrected chi connectivity index (χ4v) is 2.46. The molecule has 1 N–H and O–H groups in total. The lowest BCUT2D eigenvalue weighted by Crippen LogP contribution is -2.48. The van der Waals surface area contributed by atoms with Crippen molar-refractivity contribution in [2.45, 2.75) is 51.9 Å². The maximum atomic E-state index is 11.8. The van der Waals surface area contributed by atoms with E-state index < -0.39 is 11.6 Å². The lowest BCUT2D eigenvalue weighted by atomic mass is 9.97. The fraction of sp³-hybridized carbons (Fsp3) is 0.500. The Labute approximate surface area is 161 Å². The van der Waals surface area contributed by atoms with Crippen molar-refractivity contribution in [2.24, 2.45) is 0 Å². The molecule has 1 heterocycles. The first-order valence-corrected chi connectivity index (χ1v) is 9.27. The van der Waals surface area contributed by atoms with Crippen LogP contribution in [0.1, 0.15) is 39.2 Å². The molecule has 144 valence electrons. The molecule has 1 aliphatic heterocycles. The normalized spacial score (nSPS) is 20.3. The molecule has 0 saturated carbocycles. The van der Waals surface area contributed by atoms with E-state index in [9.17, 15) is 10.1 Å². The predicted molar refractivity (Wildman–Crippen MR) is 105 cm³/mol. The summed E-state index contributed by atoms with van der Waals surface area (Å²) >= 11 is 5.67. The standard InChI is InChI=1S/C15H17ClN2O3.C3H6.C2H6/c16-7-6-13-8-15(10-17,11-21-13)18-14(19)20-9-12-4-2-1-3-5-12;1-3-2;1-2/h1-5,13H,6-9,11H2,(H,18,19);3H,1H2,2H3;1-2H3. The second-order valence-corrected chi connectivity index (χ2v) is 5.78. The van der Waals surface area contributed by atoms with E-state index in [0.717, 1.165) is 5.56 Å². The summed E-state index contributed by atoms with van der Waals surface area (Å²) in [5.41, 5.74) is -0.133. The van der Waals surface area contributed by atoms with Crippen molar-refractivity contribution < 1.29 is 14.3 Å². The minimum atomic E-state index is -1.02. The van der Waals surface area contributed by atoms with Gasteiger partial charge in [-0.3, -0.25) is 0 Å². The van der Waals surface area contributed by atoms with Gasteiger partial charge >= 0.3 is 6.09 Å². The molecule has 1 saturated heterocycles. The van der Waals surface area contributed by atoms with Crippen LogP contribution in [0, 0.1) is 11.3 Å². The van der Waals surface area contributed by atoms with Crippen LogP contribution in [0.5, 0.6) is 0 Å². The third-order valence-electron chi connectivity index (χ3n) is 3.34. The van der Waals surface area contributed by atoms with E-state index in [1.165, 1.54) is 0 Å². The highest BCUT2D eigenvalue weighted by Crippen LogP contribution is 2.26. The predicted octanol–water partition coefficient (Wildman–Crippen LogP) is 4.81. The molecule has 0 radical (unpaired) electrons. The van der Waals surface area contributed by atoms with Crippen LogP contribution in [-0.4, -0.2) is 30.2 Å². The molecular weight excluding hydrogens is 352 g/mol. The monoisotopic (exact) mass is 380 g/mol. The van der Waals surface area contributed by atoms with Crippen molar-refractivity contribution in [3.8, 4) is 6.07 Å². The molecule has 0 aliphatic carbocycles. The minimum Gasteiger partial charge on any atom is -0.445 e. The molecule has 0 aromatic heterocycles. The number of hydrogen-bond acceptors (Lipinski definition) is 4. The highest BCUT2D eigenvalue weighted by atomic mass is 35.5. The summed E-state index contributed by atoms with van der Waals surface area (Å²) < 4.78 is 10.6. The molecule has 1 amide bonds. The molecule has 2 unspecified atom stereocenters. The second-order valence-electron chi connectivity index (χ2n) is 5.40. The van der Waals surface area contributed by atoms with Crippen LogP contribution < -0.4 is 5.32 Å². The van der Waals surface area contributed by atoms with Gasteiger partial charge in [-0.2, -0.15) is 5.26 Å². The molecule has 1 aliphatic rings. The van der Waals surface area contributed by atoms with E-state index in [2.05, 4.69) is 18.0 Å². The van der Waals surface area contributed by atoms with Gasteiger partial charge in [0.25, 0.3) is 0 Å². The van der Waals surface area contributed by atoms with Gasteiger partial charge in [0, 0.05) is 12.3 Å². The molecule has 1 aromatic carbocycles. The number of carbonyl (C=O) groups excluding carboxylic acids is 1. The van der Waals surface area contributed by atoms with Gasteiger partial charge in [-0.05, 0) is 18.9 Å². The second kappa shape index (κ2) is 14.2. The van der Waals surface area contributed by atoms with Crippen LogP contribution in [0.25, 0.3) is 0 Å². The number of nitrogens with zero attached hydrogens (tertiary/aromatic N) is 1. The highest BCUT2D eigenvalue weighted by molar-refractivity contribution is 6.17. The summed E-state index contributed by atoms with van der Waals surface area (Å²) in [7, 11) is 0. The summed E-state index contributed by atoms with van der Waals surface area (Å²) in [5, 5.41) is 11.9. The van der Waals surface area contributed by atoms with Crippen LogP contribution in [0.4, 0.5) is 4.79 Å². The van der Waals surface area contributed by atoms with Gasteiger partial charge in [0.1, 0.15) is 6.61 Å². The minimum absolute atomic E-state index is 0.100. The number of alkyl carbamates (subject to hydrolysis) is 1. The van der Waals surface area contributed by atoms with Gasteiger partial charge in [-0.1, -0.05) is 50.3 Å². The number of allylic oxidation sites excluding steroid dienone is 1. The number of benzene rings is 1. The molecule has 26 heavy (non-hydrogen) atoms. The highest BCUT2D eigenvalue weighted by Gasteiger charge is 2.42. The molecule has 0 spiro atoms. The van der Waals surface area contributed by atoms with Crippen molar-refractivity contribution in [1.82, 2.24) is 5.32 Å². The lowest BCUT2D eigenvalue weighted by Gasteiger charge is -2.20. The van der Waals surface area contributed by atoms with Crippen LogP contribution in [0.3, 0.4) is 0 Å². The van der Waals surface area contributed by atoms with Crippen LogP contribution in [-0.2, 0) is 16.1 Å². The number of hydrogen-bond donors (Lipinski definition) is 1. The van der Waals surface area contributed by atoms with Crippen LogP contribution in [0.15, 0.2) is 43.0 Å². The van der Waals surface area contributed by atoms with E-state index in [-0.39, 0.29) is 19.3 Å². The number of nitriles is 1. The maximum absolute atomic E-state index is 11.8. The Balaban J connectivity index is 0.00000113. The molecule has 6 heteroatoms. The van der Waals surface area contributed by atoms with Crippen LogP contribution in [0.2, 0.25) is 0 Å². The smallest absolute Gasteiger partial charge is 0.408 e. The van der Waals surface area contributed by atoms with Crippen molar-refractivity contribution in [2.75, 3.05) is 12.5 Å². The zero-order valence-electron chi connectivity index (χ0n) is 15.8. The van der Waals surface area contributed by atoms with Crippen LogP contribution >= 0.6 is 11.6 Å². The van der Waals surface area contributed by atoms with E-state index in [1.54, 1.807) is 6.08 Å². The summed E-state index contributed by atoms with van der Waals surface area (Å²) in [6.07, 6.45) is 2.12. The molecule has 2 atom stereocenters. The van der Waals surface area contributed by atoms with Gasteiger partial charge in [0.15, 0.2) is 5.54 Å². The number of ether oxygens (including phenoxy) is 2. The summed E-state index contributed by atoms with van der Waals surface area (Å²) in [5.74, 6) is 0.463. The number of nitrogens with one attached hydrogen (secondary N) is 1.